The Morgan fingerprint density at radius 1 is 1.71 bits per heavy atom. The largest absolute Gasteiger partial charge is 0.370 e. The third kappa shape index (κ3) is 3.09. The number of aliphatic imine (C=N–C) groups is 1. The van der Waals surface area contributed by atoms with E-state index in [1.165, 1.54) is 11.8 Å². The topological polar surface area (TPSA) is 106 Å². The van der Waals surface area contributed by atoms with Crippen molar-refractivity contribution in [3.05, 3.63) is 18.2 Å². The summed E-state index contributed by atoms with van der Waals surface area (Å²) in [5, 5.41) is 7.48. The summed E-state index contributed by atoms with van der Waals surface area (Å²) in [6.45, 7) is 0. The summed E-state index contributed by atoms with van der Waals surface area (Å²) in [6, 6.07) is 0. The molecule has 0 saturated carbocycles. The van der Waals surface area contributed by atoms with Crippen LogP contribution in [0.15, 0.2) is 17.5 Å². The SMILES string of the molecule is Cn1cncc1CSC(=N)N=C(N)N. The van der Waals surface area contributed by atoms with Crippen molar-refractivity contribution in [2.24, 2.45) is 23.5 Å². The van der Waals surface area contributed by atoms with E-state index < -0.39 is 0 Å². The lowest BCUT2D eigenvalue weighted by molar-refractivity contribution is 0.867. The van der Waals surface area contributed by atoms with Crippen molar-refractivity contribution in [3.63, 3.8) is 0 Å². The van der Waals surface area contributed by atoms with Gasteiger partial charge in [-0.05, 0) is 0 Å². The zero-order valence-electron chi connectivity index (χ0n) is 7.77. The number of aromatic nitrogens is 2. The maximum absolute atomic E-state index is 7.38. The molecule has 0 fully saturated rings. The van der Waals surface area contributed by atoms with Crippen molar-refractivity contribution in [2.45, 2.75) is 5.75 Å². The minimum atomic E-state index is -0.0903. The maximum atomic E-state index is 7.38. The van der Waals surface area contributed by atoms with Crippen molar-refractivity contribution in [3.8, 4) is 0 Å². The number of thioether (sulfide) groups is 1. The number of nitrogens with one attached hydrogen (secondary N) is 1. The Morgan fingerprint density at radius 2 is 2.43 bits per heavy atom. The predicted molar refractivity (Wildman–Crippen MR) is 58.0 cm³/mol. The molecule has 14 heavy (non-hydrogen) atoms. The number of hydrogen-bond acceptors (Lipinski definition) is 3. The molecule has 0 saturated heterocycles. The molecule has 0 radical (unpaired) electrons. The number of aryl methyl sites for hydroxylation is 1. The molecule has 7 heteroatoms. The van der Waals surface area contributed by atoms with Crippen LogP contribution in [0.5, 0.6) is 0 Å². The number of imidazole rings is 1. The first-order valence-electron chi connectivity index (χ1n) is 3.86. The molecule has 0 aromatic carbocycles. The molecule has 1 aromatic rings. The molecular formula is C7H12N6S. The van der Waals surface area contributed by atoms with Crippen molar-refractivity contribution >= 4 is 22.9 Å². The van der Waals surface area contributed by atoms with Gasteiger partial charge in [0.25, 0.3) is 0 Å². The zero-order chi connectivity index (χ0) is 10.6. The van der Waals surface area contributed by atoms with Crippen LogP contribution in [0.3, 0.4) is 0 Å². The highest BCUT2D eigenvalue weighted by molar-refractivity contribution is 8.13. The van der Waals surface area contributed by atoms with Crippen molar-refractivity contribution in [1.29, 1.82) is 5.41 Å². The van der Waals surface area contributed by atoms with Crippen LogP contribution in [0.1, 0.15) is 5.69 Å². The van der Waals surface area contributed by atoms with E-state index in [1.54, 1.807) is 12.5 Å². The second kappa shape index (κ2) is 4.66. The van der Waals surface area contributed by atoms with Crippen LogP contribution in [0.4, 0.5) is 0 Å². The van der Waals surface area contributed by atoms with E-state index in [9.17, 15) is 0 Å². The van der Waals surface area contributed by atoms with E-state index in [1.807, 2.05) is 11.6 Å². The van der Waals surface area contributed by atoms with Crippen LogP contribution in [0, 0.1) is 5.41 Å². The maximum Gasteiger partial charge on any atom is 0.193 e. The normalized spacial score (nSPS) is 9.79. The molecule has 0 aliphatic heterocycles. The highest BCUT2D eigenvalue weighted by Crippen LogP contribution is 2.12. The van der Waals surface area contributed by atoms with Gasteiger partial charge < -0.3 is 16.0 Å². The van der Waals surface area contributed by atoms with Crippen LogP contribution >= 0.6 is 11.8 Å². The quantitative estimate of drug-likeness (QED) is 0.468. The first-order chi connectivity index (χ1) is 6.59. The summed E-state index contributed by atoms with van der Waals surface area (Å²) in [6.07, 6.45) is 3.45. The van der Waals surface area contributed by atoms with Crippen molar-refractivity contribution in [1.82, 2.24) is 9.55 Å². The van der Waals surface area contributed by atoms with Crippen LogP contribution in [-0.4, -0.2) is 20.7 Å². The van der Waals surface area contributed by atoms with Gasteiger partial charge in [0.15, 0.2) is 11.1 Å². The summed E-state index contributed by atoms with van der Waals surface area (Å²) in [4.78, 5) is 7.55. The molecule has 1 heterocycles. The molecule has 6 nitrogen and oxygen atoms in total. The smallest absolute Gasteiger partial charge is 0.193 e. The van der Waals surface area contributed by atoms with Gasteiger partial charge in [-0.15, -0.1) is 0 Å². The number of nitrogens with two attached hydrogens (primary N) is 2. The number of hydrogen-bond donors (Lipinski definition) is 3. The Kier molecular flexibility index (Phi) is 3.52. The van der Waals surface area contributed by atoms with E-state index in [-0.39, 0.29) is 11.1 Å². The van der Waals surface area contributed by atoms with Crippen LogP contribution in [-0.2, 0) is 12.8 Å². The molecular weight excluding hydrogens is 200 g/mol. The van der Waals surface area contributed by atoms with E-state index in [2.05, 4.69) is 9.98 Å². The van der Waals surface area contributed by atoms with Gasteiger partial charge in [-0.3, -0.25) is 5.41 Å². The lowest BCUT2D eigenvalue weighted by atomic mass is 10.5. The van der Waals surface area contributed by atoms with Gasteiger partial charge in [0, 0.05) is 24.7 Å². The fraction of sp³-hybridized carbons (Fsp3) is 0.286. The Balaban J connectivity index is 2.46. The molecule has 0 unspecified atom stereocenters. The first-order valence-corrected chi connectivity index (χ1v) is 4.84. The molecule has 0 atom stereocenters. The summed E-state index contributed by atoms with van der Waals surface area (Å²) in [5.74, 6) is 0.541. The molecule has 0 amide bonds. The van der Waals surface area contributed by atoms with Gasteiger partial charge in [-0.1, -0.05) is 11.8 Å². The van der Waals surface area contributed by atoms with Gasteiger partial charge >= 0.3 is 0 Å². The summed E-state index contributed by atoms with van der Waals surface area (Å²) >= 11 is 1.25. The molecule has 76 valence electrons. The molecule has 0 aliphatic carbocycles. The minimum absolute atomic E-state index is 0.0903. The standard InChI is InChI=1S/C7H12N6S/c1-13-4-11-2-5(13)3-14-7(10)12-6(8)9/h2,4H,3H2,1H3,(H5,8,9,10,12). The molecule has 5 N–H and O–H groups in total. The Bertz CT molecular complexity index is 351. The van der Waals surface area contributed by atoms with Gasteiger partial charge in [0.2, 0.25) is 0 Å². The number of rotatable bonds is 2. The van der Waals surface area contributed by atoms with Crippen LogP contribution < -0.4 is 11.5 Å². The second-order valence-electron chi connectivity index (χ2n) is 2.63. The molecule has 0 bridgehead atoms. The van der Waals surface area contributed by atoms with Gasteiger partial charge in [0.05, 0.1) is 6.33 Å². The zero-order valence-corrected chi connectivity index (χ0v) is 8.58. The van der Waals surface area contributed by atoms with Gasteiger partial charge in [0.1, 0.15) is 0 Å². The molecule has 1 aromatic heterocycles. The summed E-state index contributed by atoms with van der Waals surface area (Å²) in [5.41, 5.74) is 11.3. The number of guanidine groups is 1. The average molecular weight is 212 g/mol. The Labute approximate surface area is 85.9 Å². The van der Waals surface area contributed by atoms with Crippen molar-refractivity contribution in [2.75, 3.05) is 0 Å². The number of nitrogens with zero attached hydrogens (tertiary/aromatic N) is 3. The molecule has 1 rings (SSSR count). The lowest BCUT2D eigenvalue weighted by Gasteiger charge is -2.00. The fourth-order valence-electron chi connectivity index (χ4n) is 0.816. The second-order valence-corrected chi connectivity index (χ2v) is 3.59. The monoisotopic (exact) mass is 212 g/mol. The highest BCUT2D eigenvalue weighted by atomic mass is 32.2. The third-order valence-electron chi connectivity index (χ3n) is 1.50. The van der Waals surface area contributed by atoms with Crippen LogP contribution in [0.25, 0.3) is 0 Å². The Morgan fingerprint density at radius 3 is 2.93 bits per heavy atom. The molecule has 0 aliphatic rings. The molecule has 0 spiro atoms. The fourth-order valence-corrected chi connectivity index (χ4v) is 1.55. The highest BCUT2D eigenvalue weighted by Gasteiger charge is 2.01. The first kappa shape index (κ1) is 10.6. The van der Waals surface area contributed by atoms with Crippen LogP contribution in [0.2, 0.25) is 0 Å². The van der Waals surface area contributed by atoms with E-state index in [0.717, 1.165) is 5.69 Å². The average Bonchev–Trinajstić information content (AvgIpc) is 2.46. The lowest BCUT2D eigenvalue weighted by Crippen LogP contribution is -2.23. The third-order valence-corrected chi connectivity index (χ3v) is 2.31. The summed E-state index contributed by atoms with van der Waals surface area (Å²) < 4.78 is 1.88. The van der Waals surface area contributed by atoms with E-state index in [0.29, 0.717) is 5.75 Å². The predicted octanol–water partition coefficient (Wildman–Crippen LogP) is -0.139. The minimum Gasteiger partial charge on any atom is -0.370 e. The van der Waals surface area contributed by atoms with Gasteiger partial charge in [-0.25, -0.2) is 4.98 Å². The van der Waals surface area contributed by atoms with E-state index in [4.69, 9.17) is 16.9 Å². The number of amidine groups is 1. The van der Waals surface area contributed by atoms with E-state index >= 15 is 0 Å². The van der Waals surface area contributed by atoms with Crippen molar-refractivity contribution < 1.29 is 0 Å². The Hall–Kier alpha value is -1.50. The summed E-state index contributed by atoms with van der Waals surface area (Å²) in [7, 11) is 1.90. The van der Waals surface area contributed by atoms with Gasteiger partial charge in [-0.2, -0.15) is 4.99 Å².